The number of hydrogen-bond donors (Lipinski definition) is 0. The number of aliphatic imine (C=N–C) groups is 1. The standard InChI is InChI=1S/C18H22N2O6S2/c1-24-11-5-6-12(15(8-11)25-2)20-13-9-28(22,23)10-16(13)27-18(20)19-17(21)14-4-3-7-26-14/h5-6,8,13-14,16H,3-4,7,9-10H2,1-2H3/t13-,14+,16-/m1/s1. The minimum absolute atomic E-state index is 0.0208. The Bertz CT molecular complexity index is 911. The van der Waals surface area contributed by atoms with E-state index in [0.29, 0.717) is 35.4 Å². The van der Waals surface area contributed by atoms with Gasteiger partial charge in [0.15, 0.2) is 15.0 Å². The van der Waals surface area contributed by atoms with Crippen LogP contribution in [0.25, 0.3) is 0 Å². The van der Waals surface area contributed by atoms with Gasteiger partial charge in [0, 0.05) is 17.9 Å². The molecular weight excluding hydrogens is 404 g/mol. The molecule has 4 rings (SSSR count). The molecule has 0 bridgehead atoms. The first-order valence-electron chi connectivity index (χ1n) is 9.04. The molecule has 3 atom stereocenters. The lowest BCUT2D eigenvalue weighted by Crippen LogP contribution is -2.38. The van der Waals surface area contributed by atoms with Gasteiger partial charge in [0.2, 0.25) is 0 Å². The van der Waals surface area contributed by atoms with Gasteiger partial charge in [-0.05, 0) is 25.0 Å². The molecule has 0 N–H and O–H groups in total. The lowest BCUT2D eigenvalue weighted by atomic mass is 10.2. The third-order valence-corrected chi connectivity index (χ3v) is 8.33. The van der Waals surface area contributed by atoms with E-state index in [1.165, 1.54) is 11.8 Å². The van der Waals surface area contributed by atoms with Gasteiger partial charge in [0.1, 0.15) is 17.6 Å². The Morgan fingerprint density at radius 2 is 2.11 bits per heavy atom. The van der Waals surface area contributed by atoms with Gasteiger partial charge in [-0.3, -0.25) is 4.79 Å². The van der Waals surface area contributed by atoms with Crippen LogP contribution in [0, 0.1) is 0 Å². The fourth-order valence-electron chi connectivity index (χ4n) is 3.77. The number of methoxy groups -OCH3 is 2. The van der Waals surface area contributed by atoms with Crippen molar-refractivity contribution in [3.05, 3.63) is 18.2 Å². The van der Waals surface area contributed by atoms with Crippen molar-refractivity contribution in [2.45, 2.75) is 30.2 Å². The minimum Gasteiger partial charge on any atom is -0.497 e. The first-order chi connectivity index (χ1) is 13.4. The van der Waals surface area contributed by atoms with Crippen LogP contribution in [0.3, 0.4) is 0 Å². The minimum atomic E-state index is -3.14. The molecule has 10 heteroatoms. The number of hydrogen-bond acceptors (Lipinski definition) is 7. The Kier molecular flexibility index (Phi) is 5.28. The molecule has 1 amide bonds. The highest BCUT2D eigenvalue weighted by Crippen LogP contribution is 2.44. The van der Waals surface area contributed by atoms with Crippen molar-refractivity contribution in [1.82, 2.24) is 0 Å². The predicted molar refractivity (Wildman–Crippen MR) is 107 cm³/mol. The molecular formula is C18H22N2O6S2. The number of ether oxygens (including phenoxy) is 3. The predicted octanol–water partition coefficient (Wildman–Crippen LogP) is 1.48. The average Bonchev–Trinajstić information content (AvgIpc) is 3.36. The third-order valence-electron chi connectivity index (χ3n) is 5.12. The fourth-order valence-corrected chi connectivity index (χ4v) is 7.68. The highest BCUT2D eigenvalue weighted by atomic mass is 32.2. The fraction of sp³-hybridized carbons (Fsp3) is 0.556. The van der Waals surface area contributed by atoms with Gasteiger partial charge in [-0.25, -0.2) is 8.42 Å². The molecule has 0 unspecified atom stereocenters. The molecule has 0 aliphatic carbocycles. The Morgan fingerprint density at radius 3 is 2.79 bits per heavy atom. The largest absolute Gasteiger partial charge is 0.497 e. The number of benzene rings is 1. The van der Waals surface area contributed by atoms with Gasteiger partial charge in [-0.15, -0.1) is 0 Å². The zero-order chi connectivity index (χ0) is 19.9. The van der Waals surface area contributed by atoms with Crippen molar-refractivity contribution in [2.24, 2.45) is 4.99 Å². The van der Waals surface area contributed by atoms with Crippen molar-refractivity contribution in [3.8, 4) is 11.5 Å². The van der Waals surface area contributed by atoms with Gasteiger partial charge >= 0.3 is 0 Å². The summed E-state index contributed by atoms with van der Waals surface area (Å²) < 4.78 is 40.6. The van der Waals surface area contributed by atoms with E-state index >= 15 is 0 Å². The van der Waals surface area contributed by atoms with E-state index in [1.54, 1.807) is 32.4 Å². The van der Waals surface area contributed by atoms with Gasteiger partial charge in [0.25, 0.3) is 5.91 Å². The summed E-state index contributed by atoms with van der Waals surface area (Å²) in [5, 5.41) is 0.321. The molecule has 1 aromatic carbocycles. The average molecular weight is 427 g/mol. The number of nitrogens with zero attached hydrogens (tertiary/aromatic N) is 2. The SMILES string of the molecule is COc1ccc(N2C(=NC(=O)[C@@H]3CCCO3)S[C@@H]3CS(=O)(=O)C[C@H]32)c(OC)c1. The topological polar surface area (TPSA) is 94.5 Å². The zero-order valence-corrected chi connectivity index (χ0v) is 17.3. The molecule has 0 aromatic heterocycles. The van der Waals surface area contributed by atoms with Crippen LogP contribution in [-0.4, -0.2) is 69.2 Å². The molecule has 3 fully saturated rings. The van der Waals surface area contributed by atoms with E-state index in [1.807, 2.05) is 4.90 Å². The number of sulfone groups is 1. The molecule has 0 saturated carbocycles. The maximum Gasteiger partial charge on any atom is 0.277 e. The quantitative estimate of drug-likeness (QED) is 0.715. The van der Waals surface area contributed by atoms with Crippen molar-refractivity contribution in [2.75, 3.05) is 37.2 Å². The molecule has 28 heavy (non-hydrogen) atoms. The number of anilines is 1. The lowest BCUT2D eigenvalue weighted by molar-refractivity contribution is -0.126. The number of thioether (sulfide) groups is 1. The van der Waals surface area contributed by atoms with Crippen LogP contribution in [0.4, 0.5) is 5.69 Å². The highest BCUT2D eigenvalue weighted by molar-refractivity contribution is 8.16. The number of rotatable bonds is 4. The van der Waals surface area contributed by atoms with Crippen LogP contribution in [0.1, 0.15) is 12.8 Å². The van der Waals surface area contributed by atoms with Gasteiger partial charge in [-0.2, -0.15) is 4.99 Å². The van der Waals surface area contributed by atoms with Crippen molar-refractivity contribution in [1.29, 1.82) is 0 Å². The summed E-state index contributed by atoms with van der Waals surface area (Å²) in [4.78, 5) is 18.7. The summed E-state index contributed by atoms with van der Waals surface area (Å²) in [6, 6.07) is 5.01. The van der Waals surface area contributed by atoms with Crippen molar-refractivity contribution < 1.29 is 27.4 Å². The molecule has 1 aromatic rings. The second-order valence-corrected chi connectivity index (χ2v) is 10.3. The Hall–Kier alpha value is -1.78. The van der Waals surface area contributed by atoms with Crippen LogP contribution in [-0.2, 0) is 19.4 Å². The zero-order valence-electron chi connectivity index (χ0n) is 15.7. The van der Waals surface area contributed by atoms with E-state index in [9.17, 15) is 13.2 Å². The van der Waals surface area contributed by atoms with E-state index in [-0.39, 0.29) is 28.7 Å². The molecule has 3 aliphatic heterocycles. The molecule has 152 valence electrons. The number of amides is 1. The summed E-state index contributed by atoms with van der Waals surface area (Å²) in [6.07, 6.45) is 0.985. The molecule has 0 spiro atoms. The van der Waals surface area contributed by atoms with Crippen LogP contribution >= 0.6 is 11.8 Å². The normalized spacial score (nSPS) is 29.9. The van der Waals surface area contributed by atoms with Crippen LogP contribution < -0.4 is 14.4 Å². The monoisotopic (exact) mass is 426 g/mol. The van der Waals surface area contributed by atoms with Crippen LogP contribution in [0.2, 0.25) is 0 Å². The number of amidine groups is 1. The van der Waals surface area contributed by atoms with Crippen LogP contribution in [0.15, 0.2) is 23.2 Å². The highest BCUT2D eigenvalue weighted by Gasteiger charge is 2.50. The van der Waals surface area contributed by atoms with E-state index in [4.69, 9.17) is 14.2 Å². The molecule has 3 saturated heterocycles. The number of carbonyl (C=O) groups is 1. The van der Waals surface area contributed by atoms with E-state index in [2.05, 4.69) is 4.99 Å². The molecule has 8 nitrogen and oxygen atoms in total. The maximum atomic E-state index is 12.6. The Morgan fingerprint density at radius 1 is 1.29 bits per heavy atom. The second-order valence-electron chi connectivity index (χ2n) is 6.94. The summed E-state index contributed by atoms with van der Waals surface area (Å²) in [7, 11) is -0.0362. The first kappa shape index (κ1) is 19.5. The first-order valence-corrected chi connectivity index (χ1v) is 11.7. The lowest BCUT2D eigenvalue weighted by Gasteiger charge is -2.26. The van der Waals surface area contributed by atoms with Gasteiger partial charge < -0.3 is 19.1 Å². The Labute approximate surface area is 168 Å². The Balaban J connectivity index is 1.73. The van der Waals surface area contributed by atoms with Crippen molar-refractivity contribution >= 4 is 38.4 Å². The summed E-state index contributed by atoms with van der Waals surface area (Å²) in [6.45, 7) is 0.563. The second kappa shape index (κ2) is 7.57. The van der Waals surface area contributed by atoms with Crippen molar-refractivity contribution in [3.63, 3.8) is 0 Å². The smallest absolute Gasteiger partial charge is 0.277 e. The van der Waals surface area contributed by atoms with E-state index in [0.717, 1.165) is 6.42 Å². The number of carbonyl (C=O) groups excluding carboxylic acids is 1. The maximum absolute atomic E-state index is 12.6. The van der Waals surface area contributed by atoms with Gasteiger partial charge in [0.05, 0.1) is 37.5 Å². The number of fused-ring (bicyclic) bond motifs is 1. The molecule has 0 radical (unpaired) electrons. The van der Waals surface area contributed by atoms with Gasteiger partial charge in [-0.1, -0.05) is 11.8 Å². The molecule has 3 heterocycles. The molecule has 3 aliphatic rings. The van der Waals surface area contributed by atoms with Crippen LogP contribution in [0.5, 0.6) is 11.5 Å². The summed E-state index contributed by atoms with van der Waals surface area (Å²) in [5.41, 5.74) is 0.666. The summed E-state index contributed by atoms with van der Waals surface area (Å²) >= 11 is 1.34. The van der Waals surface area contributed by atoms with E-state index < -0.39 is 15.9 Å². The third kappa shape index (κ3) is 3.60. The summed E-state index contributed by atoms with van der Waals surface area (Å²) in [5.74, 6) is 0.927.